The fraction of sp³-hybridized carbons (Fsp3) is 0.200. The van der Waals surface area contributed by atoms with E-state index in [1.165, 1.54) is 29.3 Å². The van der Waals surface area contributed by atoms with E-state index < -0.39 is 20.1 Å². The number of imidazole rings is 1. The SMILES string of the molecule is CS(=O)(=O)C1(n2ccnc2-c2ccc(Cl)c(Cl)c2)C=NC=CC1Cl. The summed E-state index contributed by atoms with van der Waals surface area (Å²) in [5.74, 6) is 0.395. The first-order chi connectivity index (χ1) is 11.3. The van der Waals surface area contributed by atoms with E-state index in [1.54, 1.807) is 24.4 Å². The van der Waals surface area contributed by atoms with Gasteiger partial charge < -0.3 is 4.57 Å². The molecule has 0 fully saturated rings. The van der Waals surface area contributed by atoms with Crippen LogP contribution in [0.25, 0.3) is 11.4 Å². The minimum Gasteiger partial charge on any atom is -0.305 e. The van der Waals surface area contributed by atoms with Gasteiger partial charge in [-0.05, 0) is 24.3 Å². The second-order valence-electron chi connectivity index (χ2n) is 5.30. The Morgan fingerprint density at radius 2 is 2.00 bits per heavy atom. The highest BCUT2D eigenvalue weighted by Gasteiger charge is 2.49. The maximum atomic E-state index is 12.6. The average Bonchev–Trinajstić information content (AvgIpc) is 2.99. The Balaban J connectivity index is 2.26. The van der Waals surface area contributed by atoms with E-state index in [0.717, 1.165) is 6.26 Å². The molecule has 1 aliphatic heterocycles. The molecule has 0 spiro atoms. The fourth-order valence-corrected chi connectivity index (χ4v) is 4.85. The number of nitrogens with zero attached hydrogens (tertiary/aromatic N) is 3. The van der Waals surface area contributed by atoms with Gasteiger partial charge in [-0.15, -0.1) is 11.6 Å². The van der Waals surface area contributed by atoms with Crippen LogP contribution in [0.15, 0.2) is 47.9 Å². The Hall–Kier alpha value is -1.34. The number of rotatable bonds is 3. The summed E-state index contributed by atoms with van der Waals surface area (Å²) >= 11 is 18.4. The molecule has 0 saturated carbocycles. The van der Waals surface area contributed by atoms with Gasteiger partial charge in [-0.2, -0.15) is 0 Å². The molecular formula is C15H12Cl3N3O2S. The number of hydrogen-bond acceptors (Lipinski definition) is 4. The lowest BCUT2D eigenvalue weighted by Crippen LogP contribution is -2.50. The molecule has 0 saturated heterocycles. The number of halogens is 3. The van der Waals surface area contributed by atoms with E-state index in [2.05, 4.69) is 9.98 Å². The second-order valence-corrected chi connectivity index (χ2v) is 8.78. The Labute approximate surface area is 154 Å². The van der Waals surface area contributed by atoms with Crippen molar-refractivity contribution in [3.05, 3.63) is 52.9 Å². The van der Waals surface area contributed by atoms with Gasteiger partial charge >= 0.3 is 0 Å². The van der Waals surface area contributed by atoms with E-state index in [9.17, 15) is 8.42 Å². The molecule has 24 heavy (non-hydrogen) atoms. The van der Waals surface area contributed by atoms with Crippen LogP contribution >= 0.6 is 34.8 Å². The molecule has 0 radical (unpaired) electrons. The minimum atomic E-state index is -3.68. The summed E-state index contributed by atoms with van der Waals surface area (Å²) in [7, 11) is -3.68. The third-order valence-corrected chi connectivity index (χ3v) is 6.88. The van der Waals surface area contributed by atoms with Gasteiger partial charge in [0.1, 0.15) is 5.82 Å². The maximum absolute atomic E-state index is 12.6. The monoisotopic (exact) mass is 403 g/mol. The van der Waals surface area contributed by atoms with Gasteiger partial charge in [-0.25, -0.2) is 13.4 Å². The van der Waals surface area contributed by atoms with Crippen LogP contribution in [0.5, 0.6) is 0 Å². The van der Waals surface area contributed by atoms with Crippen molar-refractivity contribution in [2.24, 2.45) is 4.99 Å². The lowest BCUT2D eigenvalue weighted by Gasteiger charge is -2.35. The van der Waals surface area contributed by atoms with Crippen molar-refractivity contribution in [1.29, 1.82) is 0 Å². The van der Waals surface area contributed by atoms with E-state index in [-0.39, 0.29) is 0 Å². The highest BCUT2D eigenvalue weighted by molar-refractivity contribution is 7.92. The van der Waals surface area contributed by atoms with Crippen molar-refractivity contribution in [3.63, 3.8) is 0 Å². The number of alkyl halides is 1. The smallest absolute Gasteiger partial charge is 0.203 e. The number of sulfone groups is 1. The summed E-state index contributed by atoms with van der Waals surface area (Å²) in [6, 6.07) is 4.96. The van der Waals surface area contributed by atoms with Crippen molar-refractivity contribution in [2.45, 2.75) is 10.2 Å². The molecule has 2 unspecified atom stereocenters. The van der Waals surface area contributed by atoms with Crippen LogP contribution in [0.4, 0.5) is 0 Å². The number of aromatic nitrogens is 2. The Morgan fingerprint density at radius 1 is 1.25 bits per heavy atom. The standard InChI is InChI=1S/C15H12Cl3N3O2S/c1-24(22,23)15(9-19-5-4-13(15)18)21-7-6-20-14(21)10-2-3-11(16)12(17)8-10/h2-9,13H,1H3. The van der Waals surface area contributed by atoms with Crippen molar-refractivity contribution >= 4 is 50.9 Å². The zero-order valence-electron chi connectivity index (χ0n) is 12.4. The van der Waals surface area contributed by atoms with Crippen molar-refractivity contribution < 1.29 is 8.42 Å². The maximum Gasteiger partial charge on any atom is 0.203 e. The highest BCUT2D eigenvalue weighted by atomic mass is 35.5. The molecule has 1 aromatic heterocycles. The van der Waals surface area contributed by atoms with Gasteiger partial charge in [-0.3, -0.25) is 4.99 Å². The zero-order chi connectivity index (χ0) is 17.5. The van der Waals surface area contributed by atoms with Gasteiger partial charge in [0.05, 0.1) is 15.4 Å². The van der Waals surface area contributed by atoms with Gasteiger partial charge in [0, 0.05) is 36.6 Å². The predicted octanol–water partition coefficient (Wildman–Crippen LogP) is 3.76. The topological polar surface area (TPSA) is 64.3 Å². The van der Waals surface area contributed by atoms with Crippen LogP contribution in [-0.2, 0) is 14.7 Å². The minimum absolute atomic E-state index is 0.344. The predicted molar refractivity (Wildman–Crippen MR) is 97.8 cm³/mol. The third kappa shape index (κ3) is 2.67. The quantitative estimate of drug-likeness (QED) is 0.732. The Morgan fingerprint density at radius 3 is 2.62 bits per heavy atom. The number of benzene rings is 1. The lowest BCUT2D eigenvalue weighted by molar-refractivity contribution is 0.514. The fourth-order valence-electron chi connectivity index (χ4n) is 2.59. The largest absolute Gasteiger partial charge is 0.305 e. The van der Waals surface area contributed by atoms with E-state index in [4.69, 9.17) is 34.8 Å². The third-order valence-electron chi connectivity index (χ3n) is 3.78. The van der Waals surface area contributed by atoms with Crippen LogP contribution in [0, 0.1) is 0 Å². The average molecular weight is 405 g/mol. The summed E-state index contributed by atoms with van der Waals surface area (Å²) in [4.78, 5) is 6.70. The molecule has 5 nitrogen and oxygen atoms in total. The molecule has 3 rings (SSSR count). The van der Waals surface area contributed by atoms with Crippen LogP contribution in [0.2, 0.25) is 10.0 Å². The molecule has 126 valence electrons. The molecule has 1 aromatic carbocycles. The summed E-state index contributed by atoms with van der Waals surface area (Å²) in [6.07, 6.45) is 8.49. The first-order valence-corrected chi connectivity index (χ1v) is 9.89. The molecule has 2 atom stereocenters. The molecular weight excluding hydrogens is 393 g/mol. The Bertz CT molecular complexity index is 953. The molecule has 9 heteroatoms. The van der Waals surface area contributed by atoms with Gasteiger partial charge in [0.2, 0.25) is 4.87 Å². The first kappa shape index (κ1) is 17.5. The van der Waals surface area contributed by atoms with Gasteiger partial charge in [-0.1, -0.05) is 23.2 Å². The van der Waals surface area contributed by atoms with Crippen molar-refractivity contribution in [2.75, 3.05) is 6.26 Å². The highest BCUT2D eigenvalue weighted by Crippen LogP contribution is 2.37. The molecule has 0 amide bonds. The number of allylic oxidation sites excluding steroid dienone is 1. The van der Waals surface area contributed by atoms with E-state index in [0.29, 0.717) is 21.4 Å². The summed E-state index contributed by atoms with van der Waals surface area (Å²) in [5, 5.41) is -0.105. The molecule has 1 aliphatic rings. The molecule has 0 bridgehead atoms. The van der Waals surface area contributed by atoms with Crippen molar-refractivity contribution in [3.8, 4) is 11.4 Å². The van der Waals surface area contributed by atoms with E-state index >= 15 is 0 Å². The van der Waals surface area contributed by atoms with Crippen molar-refractivity contribution in [1.82, 2.24) is 9.55 Å². The molecule has 2 heterocycles. The van der Waals surface area contributed by atoms with E-state index in [1.807, 2.05) is 0 Å². The number of aliphatic imine (C=N–C) groups is 1. The van der Waals surface area contributed by atoms with Crippen LogP contribution in [-0.4, -0.2) is 35.8 Å². The normalized spacial score (nSPS) is 23.6. The summed E-state index contributed by atoms with van der Waals surface area (Å²) in [6.45, 7) is 0. The zero-order valence-corrected chi connectivity index (χ0v) is 15.5. The summed E-state index contributed by atoms with van der Waals surface area (Å²) < 4.78 is 26.7. The Kier molecular flexibility index (Phi) is 4.51. The van der Waals surface area contributed by atoms with Crippen LogP contribution < -0.4 is 0 Å². The molecule has 0 N–H and O–H groups in total. The van der Waals surface area contributed by atoms with Gasteiger partial charge in [0.25, 0.3) is 0 Å². The number of hydrogen-bond donors (Lipinski definition) is 0. The second kappa shape index (κ2) is 6.19. The molecule has 0 aliphatic carbocycles. The van der Waals surface area contributed by atoms with Crippen LogP contribution in [0.1, 0.15) is 0 Å². The first-order valence-electron chi connectivity index (χ1n) is 6.81. The lowest BCUT2D eigenvalue weighted by atomic mass is 10.1. The van der Waals surface area contributed by atoms with Crippen LogP contribution in [0.3, 0.4) is 0 Å². The summed E-state index contributed by atoms with van der Waals surface area (Å²) in [5.41, 5.74) is 0.615. The molecule has 2 aromatic rings. The van der Waals surface area contributed by atoms with Gasteiger partial charge in [0.15, 0.2) is 9.84 Å².